The maximum atomic E-state index is 14.1. The van der Waals surface area contributed by atoms with Crippen molar-refractivity contribution in [3.63, 3.8) is 0 Å². The molecule has 0 aliphatic carbocycles. The van der Waals surface area contributed by atoms with Crippen LogP contribution in [-0.2, 0) is 10.4 Å². The Hall–Kier alpha value is -2.97. The first-order valence-corrected chi connectivity index (χ1v) is 10.1. The van der Waals surface area contributed by atoms with Gasteiger partial charge in [-0.2, -0.15) is 13.2 Å². The highest BCUT2D eigenvalue weighted by Crippen LogP contribution is 2.49. The van der Waals surface area contributed by atoms with Gasteiger partial charge in [0.05, 0.1) is 17.7 Å². The summed E-state index contributed by atoms with van der Waals surface area (Å²) in [6, 6.07) is 9.88. The lowest BCUT2D eigenvalue weighted by Crippen LogP contribution is -2.42. The van der Waals surface area contributed by atoms with E-state index in [1.807, 2.05) is 0 Å². The topological polar surface area (TPSA) is 63.8 Å². The molecule has 1 aliphatic heterocycles. The fourth-order valence-electron chi connectivity index (χ4n) is 3.48. The third-order valence-corrected chi connectivity index (χ3v) is 5.53. The van der Waals surface area contributed by atoms with Crippen LogP contribution in [0.15, 0.2) is 64.6 Å². The predicted molar refractivity (Wildman–Crippen MR) is 114 cm³/mol. The maximum Gasteiger partial charge on any atom is 0.435 e. The Morgan fingerprint density at radius 3 is 2.44 bits per heavy atom. The third kappa shape index (κ3) is 4.08. The molecule has 10 heteroatoms. The highest BCUT2D eigenvalue weighted by molar-refractivity contribution is 6.34. The number of carbonyl (C=O) groups is 1. The van der Waals surface area contributed by atoms with Gasteiger partial charge in [-0.1, -0.05) is 34.4 Å². The molecule has 0 saturated carbocycles. The van der Waals surface area contributed by atoms with E-state index in [0.29, 0.717) is 22.4 Å². The van der Waals surface area contributed by atoms with Gasteiger partial charge in [0.1, 0.15) is 6.26 Å². The minimum Gasteiger partial charge on any atom is -0.470 e. The van der Waals surface area contributed by atoms with E-state index in [1.165, 1.54) is 30.7 Å². The third-order valence-electron chi connectivity index (χ3n) is 5.10. The number of halogens is 5. The van der Waals surface area contributed by atoms with Crippen LogP contribution in [0.1, 0.15) is 33.5 Å². The number of furan rings is 1. The normalized spacial score (nSPS) is 18.2. The van der Waals surface area contributed by atoms with Crippen molar-refractivity contribution >= 4 is 40.5 Å². The molecule has 0 spiro atoms. The van der Waals surface area contributed by atoms with E-state index < -0.39 is 18.2 Å². The van der Waals surface area contributed by atoms with Gasteiger partial charge in [0.25, 0.3) is 11.5 Å². The summed E-state index contributed by atoms with van der Waals surface area (Å²) in [6.45, 7) is 1.68. The molecule has 1 unspecified atom stereocenters. The predicted octanol–water partition coefficient (Wildman–Crippen LogP) is 6.73. The number of nitrogens with zero attached hydrogens (tertiary/aromatic N) is 1. The molecule has 0 radical (unpaired) electrons. The lowest BCUT2D eigenvalue weighted by Gasteiger charge is -2.29. The highest BCUT2D eigenvalue weighted by atomic mass is 35.5. The zero-order valence-electron chi connectivity index (χ0n) is 16.5. The molecule has 1 amide bonds. The SMILES string of the molecule is Cc1cc(C2=NOC(c3cc(Cl)cc(Cl)c3)(C(F)(F)F)C2)ccc1C(=O)Nc1ccoc1. The number of benzene rings is 2. The van der Waals surface area contributed by atoms with E-state index in [4.69, 9.17) is 32.5 Å². The molecular formula is C22H15Cl2F3N2O3. The second-order valence-corrected chi connectivity index (χ2v) is 8.16. The largest absolute Gasteiger partial charge is 0.470 e. The first kappa shape index (κ1) is 22.2. The zero-order valence-corrected chi connectivity index (χ0v) is 18.0. The molecular weight excluding hydrogens is 468 g/mol. The number of nitrogens with one attached hydrogen (secondary N) is 1. The number of alkyl halides is 3. The summed E-state index contributed by atoms with van der Waals surface area (Å²) < 4.78 is 47.3. The fourth-order valence-corrected chi connectivity index (χ4v) is 4.00. The Labute approximate surface area is 190 Å². The smallest absolute Gasteiger partial charge is 0.435 e. The number of hydrogen-bond donors (Lipinski definition) is 1. The lowest BCUT2D eigenvalue weighted by molar-refractivity contribution is -0.275. The standard InChI is InChI=1S/C22H15Cl2F3N2O3/c1-12-6-13(2-3-18(12)20(30)28-17-4-5-31-11-17)19-10-21(32-29-19,22(25,26)27)14-7-15(23)9-16(24)8-14/h2-9,11H,10H2,1H3,(H,28,30). The van der Waals surface area contributed by atoms with Crippen molar-refractivity contribution in [2.24, 2.45) is 5.16 Å². The molecule has 1 atom stereocenters. The van der Waals surface area contributed by atoms with Crippen LogP contribution in [0.25, 0.3) is 0 Å². The van der Waals surface area contributed by atoms with Gasteiger partial charge >= 0.3 is 6.18 Å². The van der Waals surface area contributed by atoms with Gasteiger partial charge in [0.2, 0.25) is 0 Å². The molecule has 32 heavy (non-hydrogen) atoms. The van der Waals surface area contributed by atoms with E-state index in [1.54, 1.807) is 19.1 Å². The van der Waals surface area contributed by atoms with Gasteiger partial charge in [-0.3, -0.25) is 4.79 Å². The molecule has 1 aromatic heterocycles. The van der Waals surface area contributed by atoms with Crippen LogP contribution < -0.4 is 5.32 Å². The molecule has 4 rings (SSSR count). The van der Waals surface area contributed by atoms with Gasteiger partial charge in [-0.05, 0) is 54.4 Å². The quantitative estimate of drug-likeness (QED) is 0.448. The van der Waals surface area contributed by atoms with Gasteiger partial charge in [0, 0.05) is 27.6 Å². The lowest BCUT2D eigenvalue weighted by atomic mass is 9.86. The minimum atomic E-state index is -4.79. The van der Waals surface area contributed by atoms with Crippen LogP contribution in [-0.4, -0.2) is 17.8 Å². The van der Waals surface area contributed by atoms with Gasteiger partial charge in [-0.25, -0.2) is 0 Å². The van der Waals surface area contributed by atoms with Gasteiger partial charge < -0.3 is 14.6 Å². The molecule has 2 heterocycles. The van der Waals surface area contributed by atoms with E-state index in [-0.39, 0.29) is 27.2 Å². The Balaban J connectivity index is 1.62. The maximum absolute atomic E-state index is 14.1. The summed E-state index contributed by atoms with van der Waals surface area (Å²) in [5, 5.41) is 6.51. The Morgan fingerprint density at radius 2 is 1.84 bits per heavy atom. The Kier molecular flexibility index (Phi) is 5.68. The van der Waals surface area contributed by atoms with Crippen molar-refractivity contribution in [1.82, 2.24) is 0 Å². The van der Waals surface area contributed by atoms with Crippen molar-refractivity contribution in [2.75, 3.05) is 5.32 Å². The second kappa shape index (κ2) is 8.18. The summed E-state index contributed by atoms with van der Waals surface area (Å²) in [5.74, 6) is -0.377. The fraction of sp³-hybridized carbons (Fsp3) is 0.182. The first-order valence-electron chi connectivity index (χ1n) is 9.32. The molecule has 0 fully saturated rings. The average molecular weight is 483 g/mol. The average Bonchev–Trinajstić information content (AvgIpc) is 3.37. The second-order valence-electron chi connectivity index (χ2n) is 7.28. The number of anilines is 1. The number of aryl methyl sites for hydroxylation is 1. The van der Waals surface area contributed by atoms with Crippen LogP contribution in [0.5, 0.6) is 0 Å². The summed E-state index contributed by atoms with van der Waals surface area (Å²) in [4.78, 5) is 17.5. The summed E-state index contributed by atoms with van der Waals surface area (Å²) in [7, 11) is 0. The molecule has 3 aromatic rings. The van der Waals surface area contributed by atoms with Crippen molar-refractivity contribution < 1.29 is 27.2 Å². The monoisotopic (exact) mass is 482 g/mol. The van der Waals surface area contributed by atoms with Crippen LogP contribution in [0.2, 0.25) is 10.0 Å². The number of amides is 1. The molecule has 166 valence electrons. The van der Waals surface area contributed by atoms with E-state index in [9.17, 15) is 18.0 Å². The Morgan fingerprint density at radius 1 is 1.12 bits per heavy atom. The number of carbonyl (C=O) groups excluding carboxylic acids is 1. The molecule has 0 bridgehead atoms. The highest BCUT2D eigenvalue weighted by Gasteiger charge is 2.62. The van der Waals surface area contributed by atoms with Crippen LogP contribution >= 0.6 is 23.2 Å². The number of rotatable bonds is 4. The van der Waals surface area contributed by atoms with Gasteiger partial charge in [-0.15, -0.1) is 0 Å². The molecule has 2 aromatic carbocycles. The minimum absolute atomic E-state index is 0.0528. The number of hydrogen-bond acceptors (Lipinski definition) is 4. The van der Waals surface area contributed by atoms with E-state index >= 15 is 0 Å². The van der Waals surface area contributed by atoms with Crippen molar-refractivity contribution in [2.45, 2.75) is 25.1 Å². The molecule has 0 saturated heterocycles. The van der Waals surface area contributed by atoms with E-state index in [0.717, 1.165) is 12.1 Å². The summed E-state index contributed by atoms with van der Waals surface area (Å²) in [6.07, 6.45) is -2.56. The number of oxime groups is 1. The molecule has 1 aliphatic rings. The summed E-state index contributed by atoms with van der Waals surface area (Å²) in [5.41, 5.74) is -1.07. The van der Waals surface area contributed by atoms with Crippen molar-refractivity contribution in [3.8, 4) is 0 Å². The summed E-state index contributed by atoms with van der Waals surface area (Å²) >= 11 is 11.8. The van der Waals surface area contributed by atoms with Gasteiger partial charge in [0.15, 0.2) is 0 Å². The van der Waals surface area contributed by atoms with Crippen molar-refractivity contribution in [3.05, 3.63) is 87.3 Å². The zero-order chi connectivity index (χ0) is 23.1. The Bertz CT molecular complexity index is 1190. The van der Waals surface area contributed by atoms with Crippen molar-refractivity contribution in [1.29, 1.82) is 0 Å². The van der Waals surface area contributed by atoms with Crippen LogP contribution in [0, 0.1) is 6.92 Å². The van der Waals surface area contributed by atoms with E-state index in [2.05, 4.69) is 10.5 Å². The van der Waals surface area contributed by atoms with Crippen LogP contribution in [0.4, 0.5) is 18.9 Å². The molecule has 1 N–H and O–H groups in total. The molecule has 5 nitrogen and oxygen atoms in total. The first-order chi connectivity index (χ1) is 15.1. The van der Waals surface area contributed by atoms with Crippen LogP contribution in [0.3, 0.4) is 0 Å².